The molecule has 1 aromatic carbocycles. The lowest BCUT2D eigenvalue weighted by atomic mass is 10.1. The molecular weight excluding hydrogens is 385 g/mol. The molecule has 0 aliphatic heterocycles. The van der Waals surface area contributed by atoms with Gasteiger partial charge in [0, 0.05) is 43.5 Å². The number of pyridine rings is 1. The number of aryl methyl sites for hydroxylation is 1. The molecular formula is C21H22FN7O. The molecule has 0 aliphatic rings. The highest BCUT2D eigenvalue weighted by atomic mass is 19.1. The summed E-state index contributed by atoms with van der Waals surface area (Å²) in [6, 6.07) is 8.61. The molecule has 8 nitrogen and oxygen atoms in total. The van der Waals surface area contributed by atoms with Crippen LogP contribution in [-0.4, -0.2) is 45.8 Å². The number of nitrogens with zero attached hydrogens (tertiary/aromatic N) is 6. The van der Waals surface area contributed by atoms with Crippen LogP contribution in [-0.2, 0) is 6.54 Å². The van der Waals surface area contributed by atoms with Crippen molar-refractivity contribution in [2.75, 3.05) is 31.4 Å². The Bertz CT molecular complexity index is 1210. The van der Waals surface area contributed by atoms with Gasteiger partial charge >= 0.3 is 0 Å². The molecule has 3 aromatic heterocycles. The van der Waals surface area contributed by atoms with E-state index < -0.39 is 0 Å². The van der Waals surface area contributed by atoms with Crippen molar-refractivity contribution < 1.29 is 9.13 Å². The van der Waals surface area contributed by atoms with Crippen LogP contribution in [0.1, 0.15) is 11.3 Å². The third kappa shape index (κ3) is 3.49. The predicted molar refractivity (Wildman–Crippen MR) is 113 cm³/mol. The Balaban J connectivity index is 1.69. The Morgan fingerprint density at radius 1 is 1.17 bits per heavy atom. The fraction of sp³-hybridized carbons (Fsp3) is 0.238. The zero-order valence-corrected chi connectivity index (χ0v) is 17.2. The van der Waals surface area contributed by atoms with E-state index in [1.54, 1.807) is 24.7 Å². The summed E-state index contributed by atoms with van der Waals surface area (Å²) >= 11 is 0. The summed E-state index contributed by atoms with van der Waals surface area (Å²) < 4.78 is 21.3. The van der Waals surface area contributed by atoms with Gasteiger partial charge in [0.05, 0.1) is 12.8 Å². The molecule has 4 aromatic rings. The smallest absolute Gasteiger partial charge is 0.225 e. The fourth-order valence-electron chi connectivity index (χ4n) is 3.28. The first-order chi connectivity index (χ1) is 14.5. The molecule has 0 amide bonds. The SMILES string of the molecule is COc1cccc(F)c1CNc1ccc(-c2cnc(N(C)C)nc2C)c2nncn12. The van der Waals surface area contributed by atoms with Crippen LogP contribution in [0.25, 0.3) is 16.8 Å². The number of anilines is 2. The highest BCUT2D eigenvalue weighted by molar-refractivity contribution is 5.80. The van der Waals surface area contributed by atoms with Gasteiger partial charge in [-0.25, -0.2) is 14.4 Å². The quantitative estimate of drug-likeness (QED) is 0.525. The third-order valence-electron chi connectivity index (χ3n) is 4.85. The van der Waals surface area contributed by atoms with Crippen LogP contribution in [0.5, 0.6) is 5.75 Å². The van der Waals surface area contributed by atoms with Gasteiger partial charge in [-0.2, -0.15) is 0 Å². The van der Waals surface area contributed by atoms with Crippen LogP contribution in [0.2, 0.25) is 0 Å². The first-order valence-corrected chi connectivity index (χ1v) is 9.39. The molecule has 154 valence electrons. The molecule has 9 heteroatoms. The summed E-state index contributed by atoms with van der Waals surface area (Å²) in [6.45, 7) is 2.19. The second-order valence-corrected chi connectivity index (χ2v) is 6.99. The maximum Gasteiger partial charge on any atom is 0.225 e. The minimum absolute atomic E-state index is 0.252. The summed E-state index contributed by atoms with van der Waals surface area (Å²) in [6.07, 6.45) is 3.41. The first kappa shape index (κ1) is 19.6. The van der Waals surface area contributed by atoms with Crippen molar-refractivity contribution in [2.45, 2.75) is 13.5 Å². The van der Waals surface area contributed by atoms with E-state index in [0.717, 1.165) is 22.6 Å². The average molecular weight is 407 g/mol. The number of methoxy groups -OCH3 is 1. The van der Waals surface area contributed by atoms with Crippen molar-refractivity contribution in [1.82, 2.24) is 24.6 Å². The highest BCUT2D eigenvalue weighted by Gasteiger charge is 2.15. The molecule has 0 atom stereocenters. The second kappa shape index (κ2) is 7.94. The molecule has 0 saturated carbocycles. The molecule has 1 N–H and O–H groups in total. The van der Waals surface area contributed by atoms with E-state index >= 15 is 0 Å². The first-order valence-electron chi connectivity index (χ1n) is 9.39. The monoisotopic (exact) mass is 407 g/mol. The molecule has 4 rings (SSSR count). The second-order valence-electron chi connectivity index (χ2n) is 6.99. The molecule has 0 bridgehead atoms. The molecule has 3 heterocycles. The van der Waals surface area contributed by atoms with Gasteiger partial charge in [-0.05, 0) is 31.2 Å². The Morgan fingerprint density at radius 3 is 2.73 bits per heavy atom. The van der Waals surface area contributed by atoms with Crippen molar-refractivity contribution in [3.8, 4) is 16.9 Å². The van der Waals surface area contributed by atoms with Crippen LogP contribution >= 0.6 is 0 Å². The summed E-state index contributed by atoms with van der Waals surface area (Å²) in [5.41, 5.74) is 3.69. The van der Waals surface area contributed by atoms with E-state index in [2.05, 4.69) is 25.5 Å². The number of fused-ring (bicyclic) bond motifs is 1. The van der Waals surface area contributed by atoms with Gasteiger partial charge in [0.15, 0.2) is 5.65 Å². The molecule has 0 unspecified atom stereocenters. The number of hydrogen-bond donors (Lipinski definition) is 1. The van der Waals surface area contributed by atoms with E-state index in [4.69, 9.17) is 4.74 Å². The normalized spacial score (nSPS) is 11.0. The molecule has 0 radical (unpaired) electrons. The number of ether oxygens (including phenoxy) is 1. The minimum atomic E-state index is -0.327. The van der Waals surface area contributed by atoms with E-state index in [9.17, 15) is 4.39 Å². The lowest BCUT2D eigenvalue weighted by Crippen LogP contribution is -2.13. The number of hydrogen-bond acceptors (Lipinski definition) is 7. The van der Waals surface area contributed by atoms with Gasteiger partial charge in [0.25, 0.3) is 0 Å². The summed E-state index contributed by atoms with van der Waals surface area (Å²) in [5.74, 6) is 1.54. The lowest BCUT2D eigenvalue weighted by molar-refractivity contribution is 0.405. The summed E-state index contributed by atoms with van der Waals surface area (Å²) in [7, 11) is 5.32. The Kier molecular flexibility index (Phi) is 5.18. The maximum absolute atomic E-state index is 14.2. The number of nitrogens with one attached hydrogen (secondary N) is 1. The number of benzene rings is 1. The maximum atomic E-state index is 14.2. The van der Waals surface area contributed by atoms with Crippen molar-refractivity contribution in [3.05, 3.63) is 59.9 Å². The van der Waals surface area contributed by atoms with E-state index in [0.29, 0.717) is 22.9 Å². The third-order valence-corrected chi connectivity index (χ3v) is 4.85. The van der Waals surface area contributed by atoms with E-state index in [-0.39, 0.29) is 12.4 Å². The van der Waals surface area contributed by atoms with Crippen molar-refractivity contribution in [3.63, 3.8) is 0 Å². The molecule has 0 fully saturated rings. The molecule has 0 spiro atoms. The van der Waals surface area contributed by atoms with Gasteiger partial charge in [0.1, 0.15) is 23.7 Å². The lowest BCUT2D eigenvalue weighted by Gasteiger charge is -2.15. The fourth-order valence-corrected chi connectivity index (χ4v) is 3.28. The van der Waals surface area contributed by atoms with Crippen molar-refractivity contribution in [2.24, 2.45) is 0 Å². The largest absolute Gasteiger partial charge is 0.496 e. The minimum Gasteiger partial charge on any atom is -0.496 e. The number of halogens is 1. The van der Waals surface area contributed by atoms with Gasteiger partial charge in [0.2, 0.25) is 5.95 Å². The zero-order valence-electron chi connectivity index (χ0n) is 17.2. The standard InChI is InChI=1S/C21H22FN7O/c1-13-15(10-24-21(26-13)28(2)3)14-8-9-19(29-12-25-27-20(14)29)23-11-16-17(22)6-5-7-18(16)30-4/h5-10,12,23H,11H2,1-4H3. The van der Waals surface area contributed by atoms with E-state index in [1.165, 1.54) is 13.2 Å². The average Bonchev–Trinajstić information content (AvgIpc) is 3.23. The summed E-state index contributed by atoms with van der Waals surface area (Å²) in [4.78, 5) is 10.8. The van der Waals surface area contributed by atoms with Crippen LogP contribution in [0.4, 0.5) is 16.2 Å². The van der Waals surface area contributed by atoms with Crippen molar-refractivity contribution in [1.29, 1.82) is 0 Å². The van der Waals surface area contributed by atoms with Crippen molar-refractivity contribution >= 4 is 17.4 Å². The van der Waals surface area contributed by atoms with Crippen LogP contribution < -0.4 is 15.0 Å². The summed E-state index contributed by atoms with van der Waals surface area (Å²) in [5, 5.41) is 11.6. The predicted octanol–water partition coefficient (Wildman–Crippen LogP) is 3.32. The number of aromatic nitrogens is 5. The topological polar surface area (TPSA) is 80.5 Å². The van der Waals surface area contributed by atoms with Crippen LogP contribution in [0.15, 0.2) is 42.9 Å². The molecule has 0 saturated heterocycles. The van der Waals surface area contributed by atoms with Gasteiger partial charge in [-0.3, -0.25) is 4.40 Å². The molecule has 0 aliphatic carbocycles. The van der Waals surface area contributed by atoms with Crippen LogP contribution in [0.3, 0.4) is 0 Å². The highest BCUT2D eigenvalue weighted by Crippen LogP contribution is 2.29. The van der Waals surface area contributed by atoms with Gasteiger partial charge in [-0.15, -0.1) is 10.2 Å². The van der Waals surface area contributed by atoms with Crippen LogP contribution in [0, 0.1) is 12.7 Å². The zero-order chi connectivity index (χ0) is 21.3. The number of rotatable bonds is 6. The Hall–Kier alpha value is -3.75. The Morgan fingerprint density at radius 2 is 2.00 bits per heavy atom. The van der Waals surface area contributed by atoms with E-state index in [1.807, 2.05) is 42.5 Å². The Labute approximate surface area is 173 Å². The van der Waals surface area contributed by atoms with Gasteiger partial charge < -0.3 is 15.0 Å². The van der Waals surface area contributed by atoms with Gasteiger partial charge in [-0.1, -0.05) is 6.07 Å². The molecule has 30 heavy (non-hydrogen) atoms.